The van der Waals surface area contributed by atoms with Gasteiger partial charge < -0.3 is 0 Å². The molecule has 70 valence electrons. The number of rotatable bonds is 3. The van der Waals surface area contributed by atoms with E-state index in [1.807, 2.05) is 18.2 Å². The summed E-state index contributed by atoms with van der Waals surface area (Å²) in [6.45, 7) is 0. The zero-order chi connectivity index (χ0) is 9.73. The van der Waals surface area contributed by atoms with E-state index in [4.69, 9.17) is 5.53 Å². The number of nitrogens with zero attached hydrogens (tertiary/aromatic N) is 3. The Morgan fingerprint density at radius 1 is 1.31 bits per heavy atom. The molecular formula is C9H13N3S. The zero-order valence-corrected chi connectivity index (χ0v) is 8.66. The smallest absolute Gasteiger partial charge is 0.0598 e. The predicted molar refractivity (Wildman–Crippen MR) is 58.2 cm³/mol. The first-order valence-electron chi connectivity index (χ1n) is 3.94. The van der Waals surface area contributed by atoms with Crippen molar-refractivity contribution >= 4 is 10.0 Å². The zero-order valence-electron chi connectivity index (χ0n) is 7.84. The van der Waals surface area contributed by atoms with Gasteiger partial charge in [0.05, 0.1) is 5.88 Å². The van der Waals surface area contributed by atoms with Crippen LogP contribution in [0.4, 0.5) is 0 Å². The van der Waals surface area contributed by atoms with Crippen molar-refractivity contribution in [3.05, 3.63) is 40.8 Å². The van der Waals surface area contributed by atoms with Crippen LogP contribution in [0.25, 0.3) is 10.4 Å². The third kappa shape index (κ3) is 2.68. The van der Waals surface area contributed by atoms with Crippen molar-refractivity contribution in [2.24, 2.45) is 5.11 Å². The quantitative estimate of drug-likeness (QED) is 0.403. The maximum atomic E-state index is 8.25. The number of hydrogen-bond acceptors (Lipinski definition) is 1. The molecular weight excluding hydrogens is 182 g/mol. The highest BCUT2D eigenvalue weighted by Gasteiger charge is 2.12. The summed E-state index contributed by atoms with van der Waals surface area (Å²) in [6, 6.07) is 10.2. The van der Waals surface area contributed by atoms with Crippen LogP contribution < -0.4 is 0 Å². The van der Waals surface area contributed by atoms with E-state index in [1.165, 1.54) is 4.90 Å². The van der Waals surface area contributed by atoms with E-state index in [0.717, 1.165) is 0 Å². The SMILES string of the molecule is CS(C)(CN=[N+]=[N-])c1ccccc1. The first kappa shape index (κ1) is 9.96. The maximum absolute atomic E-state index is 8.25. The van der Waals surface area contributed by atoms with Crippen LogP contribution in [0.5, 0.6) is 0 Å². The van der Waals surface area contributed by atoms with E-state index in [2.05, 4.69) is 34.7 Å². The van der Waals surface area contributed by atoms with Crippen molar-refractivity contribution in [3.8, 4) is 0 Å². The predicted octanol–water partition coefficient (Wildman–Crippen LogP) is 3.38. The van der Waals surface area contributed by atoms with Gasteiger partial charge in [-0.05, 0) is 22.9 Å². The van der Waals surface area contributed by atoms with Gasteiger partial charge in [-0.15, -0.1) is 0 Å². The monoisotopic (exact) mass is 195 g/mol. The average Bonchev–Trinajstić information content (AvgIpc) is 2.16. The van der Waals surface area contributed by atoms with Gasteiger partial charge >= 0.3 is 0 Å². The average molecular weight is 195 g/mol. The van der Waals surface area contributed by atoms with Gasteiger partial charge in [-0.25, -0.2) is 10.0 Å². The molecule has 0 bridgehead atoms. The molecule has 1 aromatic rings. The van der Waals surface area contributed by atoms with Crippen LogP contribution in [0, 0.1) is 0 Å². The number of hydrogen-bond donors (Lipinski definition) is 0. The van der Waals surface area contributed by atoms with Crippen molar-refractivity contribution in [1.82, 2.24) is 0 Å². The fourth-order valence-corrected chi connectivity index (χ4v) is 2.42. The molecule has 0 amide bonds. The summed E-state index contributed by atoms with van der Waals surface area (Å²) in [5.74, 6) is 0.577. The highest BCUT2D eigenvalue weighted by molar-refractivity contribution is 8.32. The van der Waals surface area contributed by atoms with E-state index in [9.17, 15) is 0 Å². The van der Waals surface area contributed by atoms with Crippen LogP contribution >= 0.6 is 10.0 Å². The molecule has 0 unspecified atom stereocenters. The first-order valence-corrected chi connectivity index (χ1v) is 6.55. The van der Waals surface area contributed by atoms with Crippen LogP contribution in [0.15, 0.2) is 40.3 Å². The molecule has 0 saturated carbocycles. The minimum atomic E-state index is -0.943. The van der Waals surface area contributed by atoms with E-state index in [-0.39, 0.29) is 0 Å². The third-order valence-corrected chi connectivity index (χ3v) is 4.13. The van der Waals surface area contributed by atoms with Crippen LogP contribution in [0.2, 0.25) is 0 Å². The van der Waals surface area contributed by atoms with Crippen molar-refractivity contribution in [2.75, 3.05) is 18.4 Å². The second kappa shape index (κ2) is 4.21. The molecule has 0 spiro atoms. The Balaban J connectivity index is 2.87. The Morgan fingerprint density at radius 3 is 2.46 bits per heavy atom. The van der Waals surface area contributed by atoms with Crippen molar-refractivity contribution < 1.29 is 0 Å². The van der Waals surface area contributed by atoms with Gasteiger partial charge in [-0.3, -0.25) is 0 Å². The van der Waals surface area contributed by atoms with Gasteiger partial charge in [0.25, 0.3) is 0 Å². The van der Waals surface area contributed by atoms with Gasteiger partial charge in [0, 0.05) is 4.91 Å². The summed E-state index contributed by atoms with van der Waals surface area (Å²) in [7, 11) is -0.943. The molecule has 0 N–H and O–H groups in total. The molecule has 0 saturated heterocycles. The number of benzene rings is 1. The lowest BCUT2D eigenvalue weighted by atomic mass is 10.4. The summed E-state index contributed by atoms with van der Waals surface area (Å²) in [6.07, 6.45) is 4.30. The van der Waals surface area contributed by atoms with Gasteiger partial charge in [0.2, 0.25) is 0 Å². The van der Waals surface area contributed by atoms with Gasteiger partial charge in [0.1, 0.15) is 0 Å². The summed E-state index contributed by atoms with van der Waals surface area (Å²) in [5, 5.41) is 3.64. The minimum absolute atomic E-state index is 0.577. The van der Waals surface area contributed by atoms with Crippen LogP contribution in [0.3, 0.4) is 0 Å². The lowest BCUT2D eigenvalue weighted by Gasteiger charge is -2.29. The lowest BCUT2D eigenvalue weighted by molar-refractivity contribution is 1.29. The lowest BCUT2D eigenvalue weighted by Crippen LogP contribution is -1.98. The molecule has 13 heavy (non-hydrogen) atoms. The minimum Gasteiger partial charge on any atom is -0.215 e. The fraction of sp³-hybridized carbons (Fsp3) is 0.333. The molecule has 4 heteroatoms. The van der Waals surface area contributed by atoms with E-state index < -0.39 is 10.0 Å². The Morgan fingerprint density at radius 2 is 1.92 bits per heavy atom. The Bertz CT molecular complexity index is 315. The van der Waals surface area contributed by atoms with Crippen molar-refractivity contribution in [2.45, 2.75) is 4.90 Å². The molecule has 0 atom stereocenters. The summed E-state index contributed by atoms with van der Waals surface area (Å²) in [5.41, 5.74) is 8.25. The van der Waals surface area contributed by atoms with E-state index >= 15 is 0 Å². The molecule has 3 nitrogen and oxygen atoms in total. The number of azide groups is 1. The highest BCUT2D eigenvalue weighted by Crippen LogP contribution is 2.48. The van der Waals surface area contributed by atoms with E-state index in [0.29, 0.717) is 5.88 Å². The standard InChI is InChI=1S/C9H13N3S/c1-13(2,8-11-12-10)9-6-4-3-5-7-9/h3-7H,8H2,1-2H3. The van der Waals surface area contributed by atoms with Crippen molar-refractivity contribution in [3.63, 3.8) is 0 Å². The topological polar surface area (TPSA) is 48.8 Å². The Kier molecular flexibility index (Phi) is 3.23. The molecule has 0 fully saturated rings. The first-order chi connectivity index (χ1) is 6.17. The third-order valence-electron chi connectivity index (χ3n) is 1.83. The summed E-state index contributed by atoms with van der Waals surface area (Å²) < 4.78 is 0. The molecule has 1 rings (SSSR count). The molecule has 0 radical (unpaired) electrons. The van der Waals surface area contributed by atoms with Crippen LogP contribution in [0.1, 0.15) is 0 Å². The normalized spacial score (nSPS) is 11.8. The molecule has 0 aromatic heterocycles. The maximum Gasteiger partial charge on any atom is 0.0598 e. The van der Waals surface area contributed by atoms with Crippen molar-refractivity contribution in [1.29, 1.82) is 0 Å². The van der Waals surface area contributed by atoms with Gasteiger partial charge in [0.15, 0.2) is 0 Å². The Labute approximate surface area is 79.7 Å². The summed E-state index contributed by atoms with van der Waals surface area (Å²) >= 11 is 0. The molecule has 1 aromatic carbocycles. The second-order valence-electron chi connectivity index (χ2n) is 3.21. The highest BCUT2D eigenvalue weighted by atomic mass is 32.3. The van der Waals surface area contributed by atoms with Gasteiger partial charge in [-0.2, -0.15) is 0 Å². The molecule has 0 heterocycles. The van der Waals surface area contributed by atoms with E-state index in [1.54, 1.807) is 0 Å². The largest absolute Gasteiger partial charge is 0.215 e. The Hall–Kier alpha value is -1.12. The van der Waals surface area contributed by atoms with Crippen LogP contribution in [-0.2, 0) is 0 Å². The fourth-order valence-electron chi connectivity index (χ4n) is 1.03. The van der Waals surface area contributed by atoms with Gasteiger partial charge in [-0.1, -0.05) is 35.4 Å². The second-order valence-corrected chi connectivity index (χ2v) is 7.02. The van der Waals surface area contributed by atoms with Crippen LogP contribution in [-0.4, -0.2) is 18.4 Å². The molecule has 0 aliphatic rings. The molecule has 0 aliphatic carbocycles. The summed E-state index contributed by atoms with van der Waals surface area (Å²) in [4.78, 5) is 4.07. The molecule has 0 aliphatic heterocycles.